The van der Waals surface area contributed by atoms with Crippen molar-refractivity contribution in [2.75, 3.05) is 33.2 Å². The Hall–Kier alpha value is -0.640. The van der Waals surface area contributed by atoms with E-state index in [1.54, 1.807) is 0 Å². The van der Waals surface area contributed by atoms with Crippen LogP contribution in [0.1, 0.15) is 103 Å². The molecule has 1 atom stereocenters. The van der Waals surface area contributed by atoms with E-state index >= 15 is 0 Å². The van der Waals surface area contributed by atoms with Crippen LogP contribution in [0.25, 0.3) is 0 Å². The van der Waals surface area contributed by atoms with E-state index in [1.807, 2.05) is 6.08 Å². The molecule has 0 amide bonds. The van der Waals surface area contributed by atoms with Crippen LogP contribution < -0.4 is 18.1 Å². The molecule has 0 aromatic rings. The topological polar surface area (TPSA) is 43.1 Å². The first-order valence-electron chi connectivity index (χ1n) is 12.4. The molecule has 0 aromatic heterocycles. The molecule has 0 spiro atoms. The smallest absolute Gasteiger partial charge is 0.186 e. The Morgan fingerprint density at radius 1 is 0.867 bits per heavy atom. The Bertz CT molecular complexity index is 425. The summed E-state index contributed by atoms with van der Waals surface area (Å²) in [5.41, 5.74) is 5.64. The van der Waals surface area contributed by atoms with Gasteiger partial charge >= 0.3 is 0 Å². The Morgan fingerprint density at radius 3 is 1.93 bits per heavy atom. The molecule has 0 fully saturated rings. The number of hydrogen-bond donors (Lipinski definition) is 1. The summed E-state index contributed by atoms with van der Waals surface area (Å²) in [5.74, 6) is 0.393. The minimum absolute atomic E-state index is 0. The zero-order chi connectivity index (χ0) is 21.6. The van der Waals surface area contributed by atoms with Gasteiger partial charge in [0.1, 0.15) is 6.54 Å². The van der Waals surface area contributed by atoms with Crippen LogP contribution in [-0.4, -0.2) is 43.5 Å². The van der Waals surface area contributed by atoms with Crippen LogP contribution >= 0.6 is 0 Å². The molecule has 0 radical (unpaired) electrons. The third-order valence-electron chi connectivity index (χ3n) is 5.75. The van der Waals surface area contributed by atoms with E-state index in [0.717, 1.165) is 36.8 Å². The van der Waals surface area contributed by atoms with E-state index < -0.39 is 0 Å². The fraction of sp³-hybridized carbons (Fsp3) is 0.808. The van der Waals surface area contributed by atoms with Gasteiger partial charge in [0.15, 0.2) is 5.78 Å². The van der Waals surface area contributed by atoms with Gasteiger partial charge in [0.25, 0.3) is 0 Å². The first kappa shape index (κ1) is 31.5. The molecule has 30 heavy (non-hydrogen) atoms. The van der Waals surface area contributed by atoms with Gasteiger partial charge < -0.3 is 22.6 Å². The van der Waals surface area contributed by atoms with Crippen LogP contribution in [0, 0.1) is 0 Å². The van der Waals surface area contributed by atoms with Crippen LogP contribution in [0.15, 0.2) is 24.8 Å². The number of allylic oxidation sites excluding steroid dienone is 2. The third kappa shape index (κ3) is 20.6. The summed E-state index contributed by atoms with van der Waals surface area (Å²) in [6.07, 6.45) is 25.2. The summed E-state index contributed by atoms with van der Waals surface area (Å²) in [5, 5.41) is 0. The maximum absolute atomic E-state index is 12.3. The molecular weight excluding hydrogens is 392 g/mol. The number of carbonyl (C=O) groups excluding carboxylic acids is 1. The molecular formula is C26H51ClN2O. The van der Waals surface area contributed by atoms with Crippen LogP contribution in [0.3, 0.4) is 0 Å². The number of rotatable bonds is 22. The maximum atomic E-state index is 12.3. The van der Waals surface area contributed by atoms with Crippen molar-refractivity contribution in [3.05, 3.63) is 24.8 Å². The highest BCUT2D eigenvalue weighted by Crippen LogP contribution is 2.11. The van der Waals surface area contributed by atoms with Gasteiger partial charge in [0.2, 0.25) is 0 Å². The minimum Gasteiger partial charge on any atom is -1.00 e. The van der Waals surface area contributed by atoms with Gasteiger partial charge in [0, 0.05) is 12.8 Å². The molecule has 0 saturated heterocycles. The second-order valence-electron chi connectivity index (χ2n) is 8.99. The first-order valence-corrected chi connectivity index (χ1v) is 12.4. The van der Waals surface area contributed by atoms with Gasteiger partial charge in [-0.25, -0.2) is 0 Å². The summed E-state index contributed by atoms with van der Waals surface area (Å²) in [6, 6.07) is 0. The molecule has 0 aliphatic rings. The average molecular weight is 443 g/mol. The van der Waals surface area contributed by atoms with Crippen molar-refractivity contribution in [2.45, 2.75) is 103 Å². The number of halogens is 1. The quantitative estimate of drug-likeness (QED) is 0.158. The van der Waals surface area contributed by atoms with Crippen molar-refractivity contribution < 1.29 is 21.7 Å². The van der Waals surface area contributed by atoms with Gasteiger partial charge in [0.05, 0.1) is 20.1 Å². The Balaban J connectivity index is 0. The Labute approximate surface area is 194 Å². The lowest BCUT2D eigenvalue weighted by Crippen LogP contribution is -3.00. The monoisotopic (exact) mass is 442 g/mol. The van der Waals surface area contributed by atoms with Crippen LogP contribution in [0.2, 0.25) is 0 Å². The van der Waals surface area contributed by atoms with Crippen LogP contribution in [0.4, 0.5) is 0 Å². The van der Waals surface area contributed by atoms with Crippen molar-refractivity contribution in [3.63, 3.8) is 0 Å². The molecule has 3 nitrogen and oxygen atoms in total. The number of unbranched alkanes of at least 4 members (excludes halogenated alkanes) is 11. The van der Waals surface area contributed by atoms with E-state index in [-0.39, 0.29) is 12.4 Å². The van der Waals surface area contributed by atoms with Crippen LogP contribution in [-0.2, 0) is 4.79 Å². The van der Waals surface area contributed by atoms with E-state index in [0.29, 0.717) is 18.9 Å². The second kappa shape index (κ2) is 23.0. The molecule has 4 heteroatoms. The number of nitrogens with two attached hydrogens (primary N) is 1. The molecule has 0 saturated carbocycles. The van der Waals surface area contributed by atoms with Gasteiger partial charge in [-0.05, 0) is 44.7 Å². The van der Waals surface area contributed by atoms with E-state index in [1.165, 1.54) is 77.0 Å². The fourth-order valence-electron chi connectivity index (χ4n) is 3.92. The number of nitrogens with zero attached hydrogens (tertiary/aromatic N) is 1. The normalized spacial score (nSPS) is 13.2. The van der Waals surface area contributed by atoms with Gasteiger partial charge in [-0.2, -0.15) is 0 Å². The number of carbonyl (C=O) groups is 1. The summed E-state index contributed by atoms with van der Waals surface area (Å²) in [6.45, 7) is 9.23. The SMILES string of the molecule is C=CC[N+](C)(CCCN)CC(=O)CCCCCCC/C=C\CCCCCCCC.[Cl-]. The molecule has 0 heterocycles. The summed E-state index contributed by atoms with van der Waals surface area (Å²) in [4.78, 5) is 12.3. The minimum atomic E-state index is 0. The van der Waals surface area contributed by atoms with Crippen molar-refractivity contribution in [1.82, 2.24) is 0 Å². The summed E-state index contributed by atoms with van der Waals surface area (Å²) < 4.78 is 0.755. The third-order valence-corrected chi connectivity index (χ3v) is 5.75. The largest absolute Gasteiger partial charge is 1.00 e. The lowest BCUT2D eigenvalue weighted by atomic mass is 10.1. The maximum Gasteiger partial charge on any atom is 0.186 e. The molecule has 0 aliphatic carbocycles. The van der Waals surface area contributed by atoms with E-state index in [4.69, 9.17) is 5.73 Å². The van der Waals surface area contributed by atoms with E-state index in [2.05, 4.69) is 32.7 Å². The average Bonchev–Trinajstić information content (AvgIpc) is 2.69. The molecule has 178 valence electrons. The zero-order valence-electron chi connectivity index (χ0n) is 20.2. The molecule has 0 aliphatic heterocycles. The van der Waals surface area contributed by atoms with E-state index in [9.17, 15) is 4.79 Å². The van der Waals surface area contributed by atoms with Crippen LogP contribution in [0.5, 0.6) is 0 Å². The number of Topliss-reactive ketones (excluding diaryl/α,β-unsaturated/α-hetero) is 1. The summed E-state index contributed by atoms with van der Waals surface area (Å²) >= 11 is 0. The molecule has 2 N–H and O–H groups in total. The predicted octanol–water partition coefficient (Wildman–Crippen LogP) is 3.58. The zero-order valence-corrected chi connectivity index (χ0v) is 20.9. The van der Waals surface area contributed by atoms with Crippen molar-refractivity contribution in [1.29, 1.82) is 0 Å². The highest BCUT2D eigenvalue weighted by Gasteiger charge is 2.22. The van der Waals surface area contributed by atoms with Crippen molar-refractivity contribution >= 4 is 5.78 Å². The Morgan fingerprint density at radius 2 is 1.40 bits per heavy atom. The van der Waals surface area contributed by atoms with Gasteiger partial charge in [-0.15, -0.1) is 0 Å². The Kier molecular flexibility index (Phi) is 24.2. The lowest BCUT2D eigenvalue weighted by molar-refractivity contribution is -0.896. The molecule has 0 aromatic carbocycles. The first-order chi connectivity index (χ1) is 14.1. The lowest BCUT2D eigenvalue weighted by Gasteiger charge is -2.32. The summed E-state index contributed by atoms with van der Waals surface area (Å²) in [7, 11) is 2.15. The molecule has 0 bridgehead atoms. The van der Waals surface area contributed by atoms with Gasteiger partial charge in [-0.3, -0.25) is 4.79 Å². The standard InChI is InChI=1S/C26H51N2O.ClH/c1-4-6-7-8-9-10-11-12-13-14-15-16-17-18-19-21-26(29)25-28(3,23-5-2)24-20-22-27;/h5,12-13H,2,4,6-11,14-25,27H2,1,3H3;1H/q+1;/p-1/b13-12-;. The fourth-order valence-corrected chi connectivity index (χ4v) is 3.92. The number of hydrogen-bond acceptors (Lipinski definition) is 2. The highest BCUT2D eigenvalue weighted by molar-refractivity contribution is 5.79. The van der Waals surface area contributed by atoms with Gasteiger partial charge in [-0.1, -0.05) is 77.0 Å². The number of ketones is 1. The van der Waals surface area contributed by atoms with Crippen molar-refractivity contribution in [2.24, 2.45) is 5.73 Å². The van der Waals surface area contributed by atoms with Crippen molar-refractivity contribution in [3.8, 4) is 0 Å². The number of likely N-dealkylation sites (N-methyl/N-ethyl adjacent to an activating group) is 1. The second-order valence-corrected chi connectivity index (χ2v) is 8.99. The predicted molar refractivity (Wildman–Crippen MR) is 129 cm³/mol. The number of quaternary nitrogens is 1. The molecule has 1 unspecified atom stereocenters. The molecule has 0 rings (SSSR count). The highest BCUT2D eigenvalue weighted by atomic mass is 35.5.